The van der Waals surface area contributed by atoms with E-state index in [1.807, 2.05) is 12.1 Å². The molecular formula is C17H24ClN. The van der Waals surface area contributed by atoms with Gasteiger partial charge in [0.25, 0.3) is 0 Å². The lowest BCUT2D eigenvalue weighted by Gasteiger charge is -2.23. The zero-order valence-electron chi connectivity index (χ0n) is 11.7. The maximum Gasteiger partial charge on any atom is 0.0406 e. The molecule has 3 atom stereocenters. The molecule has 0 aliphatic heterocycles. The topological polar surface area (TPSA) is 12.0 Å². The largest absolute Gasteiger partial charge is 0.309 e. The van der Waals surface area contributed by atoms with E-state index in [1.165, 1.54) is 44.2 Å². The Bertz CT molecular complexity index is 410. The average molecular weight is 278 g/mol. The Morgan fingerprint density at radius 2 is 1.89 bits per heavy atom. The SMILES string of the molecule is CC1CCCC1CNC(c1ccc(Cl)cc1)C1CC1. The predicted octanol–water partition coefficient (Wildman–Crippen LogP) is 4.82. The van der Waals surface area contributed by atoms with Gasteiger partial charge < -0.3 is 5.32 Å². The lowest BCUT2D eigenvalue weighted by atomic mass is 9.96. The standard InChI is InChI=1S/C17H24ClN/c1-12-3-2-4-15(12)11-19-17(13-5-6-13)14-7-9-16(18)10-8-14/h7-10,12-13,15,17,19H,2-6,11H2,1H3. The van der Waals surface area contributed by atoms with Crippen LogP contribution in [-0.4, -0.2) is 6.54 Å². The molecule has 0 spiro atoms. The van der Waals surface area contributed by atoms with Gasteiger partial charge in [0.05, 0.1) is 0 Å². The van der Waals surface area contributed by atoms with Crippen molar-refractivity contribution in [3.8, 4) is 0 Å². The van der Waals surface area contributed by atoms with Gasteiger partial charge in [-0.25, -0.2) is 0 Å². The molecule has 0 radical (unpaired) electrons. The van der Waals surface area contributed by atoms with Crippen LogP contribution in [0.4, 0.5) is 0 Å². The summed E-state index contributed by atoms with van der Waals surface area (Å²) in [6, 6.07) is 8.97. The van der Waals surface area contributed by atoms with Gasteiger partial charge in [-0.15, -0.1) is 0 Å². The van der Waals surface area contributed by atoms with Gasteiger partial charge in [-0.3, -0.25) is 0 Å². The monoisotopic (exact) mass is 277 g/mol. The van der Waals surface area contributed by atoms with Gasteiger partial charge in [0.1, 0.15) is 0 Å². The molecule has 2 heteroatoms. The summed E-state index contributed by atoms with van der Waals surface area (Å²) in [6.45, 7) is 3.60. The Balaban J connectivity index is 1.63. The summed E-state index contributed by atoms with van der Waals surface area (Å²) in [6.07, 6.45) is 7.00. The van der Waals surface area contributed by atoms with Gasteiger partial charge in [0.15, 0.2) is 0 Å². The van der Waals surface area contributed by atoms with E-state index in [1.54, 1.807) is 0 Å². The van der Waals surface area contributed by atoms with Gasteiger partial charge in [0, 0.05) is 11.1 Å². The van der Waals surface area contributed by atoms with Crippen LogP contribution >= 0.6 is 11.6 Å². The van der Waals surface area contributed by atoms with Crippen molar-refractivity contribution in [2.24, 2.45) is 17.8 Å². The molecule has 0 saturated heterocycles. The molecular weight excluding hydrogens is 254 g/mol. The Labute approximate surface area is 121 Å². The molecule has 2 fully saturated rings. The molecule has 1 aromatic rings. The number of halogens is 1. The van der Waals surface area contributed by atoms with Crippen LogP contribution in [0.25, 0.3) is 0 Å². The fourth-order valence-corrected chi connectivity index (χ4v) is 3.59. The van der Waals surface area contributed by atoms with Crippen LogP contribution in [0.2, 0.25) is 5.02 Å². The van der Waals surface area contributed by atoms with E-state index in [0.717, 1.165) is 22.8 Å². The molecule has 19 heavy (non-hydrogen) atoms. The Morgan fingerprint density at radius 1 is 1.16 bits per heavy atom. The maximum atomic E-state index is 5.99. The summed E-state index contributed by atoms with van der Waals surface area (Å²) in [5.74, 6) is 2.63. The van der Waals surface area contributed by atoms with Gasteiger partial charge in [-0.2, -0.15) is 0 Å². The van der Waals surface area contributed by atoms with Crippen LogP contribution in [0.1, 0.15) is 50.6 Å². The number of benzene rings is 1. The molecule has 1 aromatic carbocycles. The molecule has 104 valence electrons. The molecule has 0 amide bonds. The van der Waals surface area contributed by atoms with E-state index in [2.05, 4.69) is 24.4 Å². The highest BCUT2D eigenvalue weighted by Gasteiger charge is 2.33. The third-order valence-electron chi connectivity index (χ3n) is 4.96. The smallest absolute Gasteiger partial charge is 0.0406 e. The minimum absolute atomic E-state index is 0.546. The van der Waals surface area contributed by atoms with Crippen molar-refractivity contribution in [2.75, 3.05) is 6.54 Å². The van der Waals surface area contributed by atoms with Crippen molar-refractivity contribution in [3.05, 3.63) is 34.9 Å². The molecule has 3 unspecified atom stereocenters. The van der Waals surface area contributed by atoms with E-state index in [9.17, 15) is 0 Å². The van der Waals surface area contributed by atoms with Crippen molar-refractivity contribution in [1.82, 2.24) is 5.32 Å². The summed E-state index contributed by atoms with van der Waals surface area (Å²) in [5.41, 5.74) is 1.41. The van der Waals surface area contributed by atoms with E-state index in [-0.39, 0.29) is 0 Å². The molecule has 0 aromatic heterocycles. The number of hydrogen-bond acceptors (Lipinski definition) is 1. The first-order chi connectivity index (χ1) is 9.24. The summed E-state index contributed by atoms with van der Waals surface area (Å²) in [4.78, 5) is 0. The van der Waals surface area contributed by atoms with Crippen LogP contribution in [0.3, 0.4) is 0 Å². The van der Waals surface area contributed by atoms with Crippen molar-refractivity contribution >= 4 is 11.6 Å². The van der Waals surface area contributed by atoms with Gasteiger partial charge in [-0.1, -0.05) is 43.5 Å². The van der Waals surface area contributed by atoms with Crippen LogP contribution in [0, 0.1) is 17.8 Å². The highest BCUT2D eigenvalue weighted by molar-refractivity contribution is 6.30. The van der Waals surface area contributed by atoms with Crippen molar-refractivity contribution < 1.29 is 0 Å². The van der Waals surface area contributed by atoms with Crippen LogP contribution < -0.4 is 5.32 Å². The number of rotatable bonds is 5. The van der Waals surface area contributed by atoms with Crippen LogP contribution in [0.5, 0.6) is 0 Å². The summed E-state index contributed by atoms with van der Waals surface area (Å²) >= 11 is 5.99. The minimum Gasteiger partial charge on any atom is -0.309 e. The quantitative estimate of drug-likeness (QED) is 0.814. The Morgan fingerprint density at radius 3 is 2.47 bits per heavy atom. The van der Waals surface area contributed by atoms with E-state index >= 15 is 0 Å². The highest BCUT2D eigenvalue weighted by Crippen LogP contribution is 2.41. The Hall–Kier alpha value is -0.530. The predicted molar refractivity (Wildman–Crippen MR) is 81.4 cm³/mol. The van der Waals surface area contributed by atoms with Crippen molar-refractivity contribution in [2.45, 2.75) is 45.1 Å². The zero-order chi connectivity index (χ0) is 13.2. The second-order valence-corrected chi connectivity index (χ2v) is 6.88. The normalized spacial score (nSPS) is 28.5. The fraction of sp³-hybridized carbons (Fsp3) is 0.647. The molecule has 3 rings (SSSR count). The summed E-state index contributed by atoms with van der Waals surface area (Å²) < 4.78 is 0. The highest BCUT2D eigenvalue weighted by atomic mass is 35.5. The van der Waals surface area contributed by atoms with E-state index < -0.39 is 0 Å². The lowest BCUT2D eigenvalue weighted by Crippen LogP contribution is -2.29. The molecule has 1 N–H and O–H groups in total. The molecule has 2 aliphatic rings. The molecule has 1 nitrogen and oxygen atoms in total. The second kappa shape index (κ2) is 5.85. The third kappa shape index (κ3) is 3.32. The van der Waals surface area contributed by atoms with Crippen LogP contribution in [-0.2, 0) is 0 Å². The van der Waals surface area contributed by atoms with E-state index in [4.69, 9.17) is 11.6 Å². The lowest BCUT2D eigenvalue weighted by molar-refractivity contribution is 0.355. The third-order valence-corrected chi connectivity index (χ3v) is 5.21. The van der Waals surface area contributed by atoms with Crippen molar-refractivity contribution in [3.63, 3.8) is 0 Å². The maximum absolute atomic E-state index is 5.99. The van der Waals surface area contributed by atoms with Gasteiger partial charge in [-0.05, 0) is 61.3 Å². The fourth-order valence-electron chi connectivity index (χ4n) is 3.46. The molecule has 0 bridgehead atoms. The number of hydrogen-bond donors (Lipinski definition) is 1. The van der Waals surface area contributed by atoms with Gasteiger partial charge in [0.2, 0.25) is 0 Å². The zero-order valence-corrected chi connectivity index (χ0v) is 12.5. The number of nitrogens with one attached hydrogen (secondary N) is 1. The first kappa shape index (κ1) is 13.5. The first-order valence-corrected chi connectivity index (χ1v) is 8.10. The summed E-state index contributed by atoms with van der Waals surface area (Å²) in [5, 5.41) is 4.68. The summed E-state index contributed by atoms with van der Waals surface area (Å²) in [7, 11) is 0. The molecule has 2 saturated carbocycles. The van der Waals surface area contributed by atoms with E-state index in [0.29, 0.717) is 6.04 Å². The average Bonchev–Trinajstić information content (AvgIpc) is 3.16. The Kier molecular flexibility index (Phi) is 4.14. The van der Waals surface area contributed by atoms with Crippen LogP contribution in [0.15, 0.2) is 24.3 Å². The minimum atomic E-state index is 0.546. The molecule has 0 heterocycles. The molecule has 2 aliphatic carbocycles. The van der Waals surface area contributed by atoms with Gasteiger partial charge >= 0.3 is 0 Å². The first-order valence-electron chi connectivity index (χ1n) is 7.73. The second-order valence-electron chi connectivity index (χ2n) is 6.44. The van der Waals surface area contributed by atoms with Crippen molar-refractivity contribution in [1.29, 1.82) is 0 Å².